The third-order valence-electron chi connectivity index (χ3n) is 4.83. The number of carbonyl (C=O) groups excluding carboxylic acids is 2. The monoisotopic (exact) mass is 327 g/mol. The Balaban J connectivity index is 1.58. The van der Waals surface area contributed by atoms with E-state index in [1.54, 1.807) is 24.5 Å². The average Bonchev–Trinajstić information content (AvgIpc) is 2.89. The Morgan fingerprint density at radius 2 is 1.71 bits per heavy atom. The summed E-state index contributed by atoms with van der Waals surface area (Å²) in [5.74, 6) is 0.116. The van der Waals surface area contributed by atoms with Crippen LogP contribution in [0.25, 0.3) is 0 Å². The largest absolute Gasteiger partial charge is 0.337 e. The molecule has 1 aliphatic heterocycles. The first kappa shape index (κ1) is 16.7. The van der Waals surface area contributed by atoms with E-state index in [9.17, 15) is 9.59 Å². The molecule has 2 fully saturated rings. The van der Waals surface area contributed by atoms with Crippen LogP contribution in [0.15, 0.2) is 36.2 Å². The van der Waals surface area contributed by atoms with E-state index < -0.39 is 0 Å². The molecule has 1 aliphatic carbocycles. The number of hydrogen-bond acceptors (Lipinski definition) is 3. The Hall–Kier alpha value is -2.17. The normalized spacial score (nSPS) is 18.9. The third-order valence-corrected chi connectivity index (χ3v) is 4.83. The summed E-state index contributed by atoms with van der Waals surface area (Å²) >= 11 is 0. The summed E-state index contributed by atoms with van der Waals surface area (Å²) in [4.78, 5) is 32.7. The second-order valence-corrected chi connectivity index (χ2v) is 6.58. The predicted octanol–water partition coefficient (Wildman–Crippen LogP) is 2.65. The number of aromatic nitrogens is 1. The lowest BCUT2D eigenvalue weighted by Gasteiger charge is -2.22. The molecule has 1 saturated heterocycles. The molecular weight excluding hydrogens is 302 g/mol. The standard InChI is InChI=1S/C19H25N3O2/c23-18(14-16-6-2-1-3-7-16)21-10-5-11-22(13-12-21)19(24)17-8-4-9-20-15-17/h4,8-9,14-15H,1-3,5-7,10-13H2. The van der Waals surface area contributed by atoms with E-state index in [1.807, 2.05) is 15.9 Å². The van der Waals surface area contributed by atoms with Crippen molar-refractivity contribution in [3.63, 3.8) is 0 Å². The Labute approximate surface area is 143 Å². The first-order valence-corrected chi connectivity index (χ1v) is 8.92. The van der Waals surface area contributed by atoms with E-state index in [0.29, 0.717) is 25.2 Å². The van der Waals surface area contributed by atoms with Crippen molar-refractivity contribution in [2.45, 2.75) is 38.5 Å². The predicted molar refractivity (Wildman–Crippen MR) is 92.5 cm³/mol. The molecule has 2 heterocycles. The molecule has 2 aliphatic rings. The number of carbonyl (C=O) groups is 2. The Bertz CT molecular complexity index is 604. The SMILES string of the molecule is O=C(C=C1CCCCC1)N1CCCN(C(=O)c2cccnc2)CC1. The van der Waals surface area contributed by atoms with Gasteiger partial charge in [0.15, 0.2) is 0 Å². The fourth-order valence-electron chi connectivity index (χ4n) is 3.43. The summed E-state index contributed by atoms with van der Waals surface area (Å²) in [6.07, 6.45) is 11.7. The summed E-state index contributed by atoms with van der Waals surface area (Å²) in [7, 11) is 0. The van der Waals surface area contributed by atoms with Gasteiger partial charge in [-0.1, -0.05) is 12.0 Å². The molecule has 24 heavy (non-hydrogen) atoms. The lowest BCUT2D eigenvalue weighted by atomic mass is 9.94. The van der Waals surface area contributed by atoms with Crippen molar-refractivity contribution in [1.82, 2.24) is 14.8 Å². The highest BCUT2D eigenvalue weighted by atomic mass is 16.2. The number of rotatable bonds is 2. The van der Waals surface area contributed by atoms with Crippen LogP contribution in [0.4, 0.5) is 0 Å². The van der Waals surface area contributed by atoms with Gasteiger partial charge in [0.05, 0.1) is 5.56 Å². The summed E-state index contributed by atoms with van der Waals surface area (Å²) in [6.45, 7) is 2.60. The van der Waals surface area contributed by atoms with Crippen molar-refractivity contribution in [2.75, 3.05) is 26.2 Å². The Kier molecular flexibility index (Phi) is 5.62. The number of amides is 2. The summed E-state index contributed by atoms with van der Waals surface area (Å²) in [5, 5.41) is 0. The van der Waals surface area contributed by atoms with Crippen molar-refractivity contribution < 1.29 is 9.59 Å². The maximum Gasteiger partial charge on any atom is 0.255 e. The van der Waals surface area contributed by atoms with Crippen molar-refractivity contribution in [3.05, 3.63) is 41.7 Å². The van der Waals surface area contributed by atoms with E-state index in [1.165, 1.54) is 24.8 Å². The van der Waals surface area contributed by atoms with Crippen LogP contribution in [0, 0.1) is 0 Å². The maximum atomic E-state index is 12.5. The van der Waals surface area contributed by atoms with E-state index in [2.05, 4.69) is 4.98 Å². The Morgan fingerprint density at radius 3 is 2.46 bits per heavy atom. The summed E-state index contributed by atoms with van der Waals surface area (Å²) in [5.41, 5.74) is 1.90. The molecule has 1 saturated carbocycles. The van der Waals surface area contributed by atoms with Crippen LogP contribution in [-0.2, 0) is 4.79 Å². The van der Waals surface area contributed by atoms with Gasteiger partial charge in [-0.15, -0.1) is 0 Å². The molecular formula is C19H25N3O2. The number of pyridine rings is 1. The highest BCUT2D eigenvalue weighted by molar-refractivity contribution is 5.94. The molecule has 0 aromatic carbocycles. The quantitative estimate of drug-likeness (QED) is 0.785. The molecule has 0 bridgehead atoms. The highest BCUT2D eigenvalue weighted by Gasteiger charge is 2.22. The van der Waals surface area contributed by atoms with Crippen LogP contribution in [0.3, 0.4) is 0 Å². The molecule has 5 heteroatoms. The second-order valence-electron chi connectivity index (χ2n) is 6.58. The van der Waals surface area contributed by atoms with Gasteiger partial charge in [-0.05, 0) is 44.2 Å². The molecule has 1 aromatic rings. The van der Waals surface area contributed by atoms with Gasteiger partial charge >= 0.3 is 0 Å². The van der Waals surface area contributed by atoms with Crippen LogP contribution in [0.5, 0.6) is 0 Å². The Morgan fingerprint density at radius 1 is 0.958 bits per heavy atom. The van der Waals surface area contributed by atoms with Crippen molar-refractivity contribution in [2.24, 2.45) is 0 Å². The van der Waals surface area contributed by atoms with E-state index in [0.717, 1.165) is 25.8 Å². The van der Waals surface area contributed by atoms with E-state index in [4.69, 9.17) is 0 Å². The first-order valence-electron chi connectivity index (χ1n) is 8.92. The second kappa shape index (κ2) is 8.08. The summed E-state index contributed by atoms with van der Waals surface area (Å²) in [6, 6.07) is 3.56. The number of hydrogen-bond donors (Lipinski definition) is 0. The van der Waals surface area contributed by atoms with Gasteiger partial charge in [0.25, 0.3) is 5.91 Å². The van der Waals surface area contributed by atoms with Crippen LogP contribution in [0.2, 0.25) is 0 Å². The van der Waals surface area contributed by atoms with Crippen molar-refractivity contribution >= 4 is 11.8 Å². The fraction of sp³-hybridized carbons (Fsp3) is 0.526. The third kappa shape index (κ3) is 4.22. The van der Waals surface area contributed by atoms with Crippen LogP contribution in [-0.4, -0.2) is 52.8 Å². The number of nitrogens with zero attached hydrogens (tertiary/aromatic N) is 3. The van der Waals surface area contributed by atoms with Gasteiger partial charge in [0, 0.05) is 44.6 Å². The van der Waals surface area contributed by atoms with E-state index in [-0.39, 0.29) is 11.8 Å². The van der Waals surface area contributed by atoms with Crippen LogP contribution >= 0.6 is 0 Å². The minimum absolute atomic E-state index is 0.00281. The fourth-order valence-corrected chi connectivity index (χ4v) is 3.43. The molecule has 1 aromatic heterocycles. The maximum absolute atomic E-state index is 12.5. The molecule has 3 rings (SSSR count). The van der Waals surface area contributed by atoms with Gasteiger partial charge in [0.2, 0.25) is 5.91 Å². The zero-order valence-electron chi connectivity index (χ0n) is 14.1. The molecule has 0 atom stereocenters. The minimum atomic E-state index is 0.00281. The zero-order valence-corrected chi connectivity index (χ0v) is 14.1. The molecule has 128 valence electrons. The lowest BCUT2D eigenvalue weighted by Crippen LogP contribution is -2.37. The lowest BCUT2D eigenvalue weighted by molar-refractivity contribution is -0.126. The highest BCUT2D eigenvalue weighted by Crippen LogP contribution is 2.23. The van der Waals surface area contributed by atoms with Crippen molar-refractivity contribution in [3.8, 4) is 0 Å². The smallest absolute Gasteiger partial charge is 0.255 e. The molecule has 0 unspecified atom stereocenters. The van der Waals surface area contributed by atoms with Gasteiger partial charge < -0.3 is 9.80 Å². The first-order chi connectivity index (χ1) is 11.7. The molecule has 0 spiro atoms. The van der Waals surface area contributed by atoms with Gasteiger partial charge in [-0.25, -0.2) is 0 Å². The van der Waals surface area contributed by atoms with Crippen molar-refractivity contribution in [1.29, 1.82) is 0 Å². The van der Waals surface area contributed by atoms with Crippen LogP contribution in [0.1, 0.15) is 48.9 Å². The molecule has 5 nitrogen and oxygen atoms in total. The molecule has 0 radical (unpaired) electrons. The van der Waals surface area contributed by atoms with Gasteiger partial charge in [-0.3, -0.25) is 14.6 Å². The topological polar surface area (TPSA) is 53.5 Å². The zero-order chi connectivity index (χ0) is 16.8. The number of allylic oxidation sites excluding steroid dienone is 1. The van der Waals surface area contributed by atoms with E-state index >= 15 is 0 Å². The van der Waals surface area contributed by atoms with Gasteiger partial charge in [-0.2, -0.15) is 0 Å². The summed E-state index contributed by atoms with van der Waals surface area (Å²) < 4.78 is 0. The van der Waals surface area contributed by atoms with Crippen LogP contribution < -0.4 is 0 Å². The minimum Gasteiger partial charge on any atom is -0.337 e. The molecule has 0 N–H and O–H groups in total. The van der Waals surface area contributed by atoms with Gasteiger partial charge in [0.1, 0.15) is 0 Å². The average molecular weight is 327 g/mol. The molecule has 2 amide bonds.